The van der Waals surface area contributed by atoms with Crippen molar-refractivity contribution in [3.63, 3.8) is 0 Å². The molecule has 4 aromatic rings. The molecule has 0 saturated carbocycles. The highest BCUT2D eigenvalue weighted by Gasteiger charge is 2.19. The smallest absolute Gasteiger partial charge is 0.341 e. The summed E-state index contributed by atoms with van der Waals surface area (Å²) in [7, 11) is 0. The van der Waals surface area contributed by atoms with Crippen LogP contribution in [0.4, 0.5) is 8.78 Å². The number of benzene rings is 4. The normalized spacial score (nSPS) is 11.8. The average molecular weight is 525 g/mol. The van der Waals surface area contributed by atoms with Crippen LogP contribution in [-0.2, 0) is 11.2 Å². The first kappa shape index (κ1) is 25.7. The van der Waals surface area contributed by atoms with Crippen LogP contribution in [0.2, 0.25) is 5.02 Å². The molecule has 1 atom stereocenters. The molecule has 0 bridgehead atoms. The SMILES string of the molecule is Cc1cc(SC(Cc2c(F)cccc2Cl)c2ccc(-c3ccc(F)cc3)cc2)ccc1OCC(=O)O. The molecule has 0 fully saturated rings. The fraction of sp³-hybridized carbons (Fsp3) is 0.138. The third-order valence-electron chi connectivity index (χ3n) is 5.69. The lowest BCUT2D eigenvalue weighted by Crippen LogP contribution is -2.10. The minimum Gasteiger partial charge on any atom is -0.482 e. The van der Waals surface area contributed by atoms with Crippen molar-refractivity contribution >= 4 is 29.3 Å². The minimum atomic E-state index is -1.04. The van der Waals surface area contributed by atoms with Gasteiger partial charge < -0.3 is 9.84 Å². The quantitative estimate of drug-likeness (QED) is 0.224. The zero-order valence-electron chi connectivity index (χ0n) is 19.4. The van der Waals surface area contributed by atoms with E-state index in [2.05, 4.69) is 0 Å². The molecule has 0 spiro atoms. The minimum absolute atomic E-state index is 0.160. The molecular weight excluding hydrogens is 502 g/mol. The van der Waals surface area contributed by atoms with Crippen molar-refractivity contribution < 1.29 is 23.4 Å². The molecule has 0 aliphatic heterocycles. The number of hydrogen-bond donors (Lipinski definition) is 1. The van der Waals surface area contributed by atoms with E-state index in [4.69, 9.17) is 21.4 Å². The van der Waals surface area contributed by atoms with E-state index >= 15 is 0 Å². The number of hydrogen-bond acceptors (Lipinski definition) is 3. The summed E-state index contributed by atoms with van der Waals surface area (Å²) in [5.41, 5.74) is 4.07. The summed E-state index contributed by atoms with van der Waals surface area (Å²) in [6.45, 7) is 1.43. The zero-order chi connectivity index (χ0) is 25.7. The van der Waals surface area contributed by atoms with Crippen LogP contribution in [0.3, 0.4) is 0 Å². The van der Waals surface area contributed by atoms with E-state index in [9.17, 15) is 13.6 Å². The van der Waals surface area contributed by atoms with Gasteiger partial charge in [-0.2, -0.15) is 0 Å². The Hall–Kier alpha value is -3.35. The van der Waals surface area contributed by atoms with Gasteiger partial charge in [0, 0.05) is 20.7 Å². The fourth-order valence-corrected chi connectivity index (χ4v) is 5.34. The van der Waals surface area contributed by atoms with Crippen LogP contribution in [0.15, 0.2) is 89.8 Å². The molecule has 1 N–H and O–H groups in total. The topological polar surface area (TPSA) is 46.5 Å². The Bertz CT molecular complexity index is 1340. The van der Waals surface area contributed by atoms with E-state index in [1.54, 1.807) is 42.1 Å². The maximum atomic E-state index is 14.7. The van der Waals surface area contributed by atoms with Gasteiger partial charge in [0.15, 0.2) is 6.61 Å². The highest BCUT2D eigenvalue weighted by Crippen LogP contribution is 2.41. The van der Waals surface area contributed by atoms with Crippen LogP contribution in [0.1, 0.15) is 21.9 Å². The van der Waals surface area contributed by atoms with Crippen molar-refractivity contribution in [2.75, 3.05) is 6.61 Å². The molecule has 0 amide bonds. The van der Waals surface area contributed by atoms with Crippen molar-refractivity contribution in [1.29, 1.82) is 0 Å². The predicted molar refractivity (Wildman–Crippen MR) is 140 cm³/mol. The van der Waals surface area contributed by atoms with Crippen molar-refractivity contribution in [3.8, 4) is 16.9 Å². The van der Waals surface area contributed by atoms with Gasteiger partial charge in [-0.05, 0) is 78.1 Å². The Labute approximate surface area is 217 Å². The number of carbonyl (C=O) groups is 1. The largest absolute Gasteiger partial charge is 0.482 e. The summed E-state index contributed by atoms with van der Waals surface area (Å²) >= 11 is 7.90. The number of thioether (sulfide) groups is 1. The Morgan fingerprint density at radius 1 is 0.972 bits per heavy atom. The van der Waals surface area contributed by atoms with Crippen LogP contribution in [0.25, 0.3) is 11.1 Å². The number of ether oxygens (including phenoxy) is 1. The standard InChI is InChI=1S/C29H23ClF2O3S/c1-18-15-23(13-14-27(18)35-17-29(33)34)36-28(16-24-25(30)3-2-4-26(24)32)21-7-5-19(6-8-21)20-9-11-22(31)12-10-20/h2-15,28H,16-17H2,1H3,(H,33,34). The Balaban J connectivity index is 1.63. The first-order valence-electron chi connectivity index (χ1n) is 11.2. The van der Waals surface area contributed by atoms with Gasteiger partial charge in [-0.1, -0.05) is 54.1 Å². The number of rotatable bonds is 9. The van der Waals surface area contributed by atoms with Gasteiger partial charge >= 0.3 is 5.97 Å². The number of carboxylic acid groups (broad SMARTS) is 1. The van der Waals surface area contributed by atoms with Crippen molar-refractivity contribution in [1.82, 2.24) is 0 Å². The summed E-state index contributed by atoms with van der Waals surface area (Å²) in [5.74, 6) is -1.19. The lowest BCUT2D eigenvalue weighted by Gasteiger charge is -2.20. The van der Waals surface area contributed by atoms with Gasteiger partial charge in [-0.15, -0.1) is 11.8 Å². The van der Waals surface area contributed by atoms with E-state index < -0.39 is 12.6 Å². The summed E-state index contributed by atoms with van der Waals surface area (Å²) in [5, 5.41) is 9.08. The van der Waals surface area contributed by atoms with Crippen molar-refractivity contribution in [2.24, 2.45) is 0 Å². The Morgan fingerprint density at radius 3 is 2.25 bits per heavy atom. The third-order valence-corrected chi connectivity index (χ3v) is 7.29. The van der Waals surface area contributed by atoms with Gasteiger partial charge in [-0.3, -0.25) is 0 Å². The van der Waals surface area contributed by atoms with E-state index in [0.29, 0.717) is 22.8 Å². The van der Waals surface area contributed by atoms with Crippen LogP contribution in [0, 0.1) is 18.6 Å². The fourth-order valence-electron chi connectivity index (χ4n) is 3.83. The van der Waals surface area contributed by atoms with Crippen LogP contribution >= 0.6 is 23.4 Å². The summed E-state index contributed by atoms with van der Waals surface area (Å²) < 4.78 is 33.3. The molecule has 0 aliphatic rings. The number of aryl methyl sites for hydroxylation is 1. The molecular formula is C29H23ClF2O3S. The van der Waals surface area contributed by atoms with E-state index in [-0.39, 0.29) is 16.9 Å². The lowest BCUT2D eigenvalue weighted by atomic mass is 9.99. The molecule has 4 rings (SSSR count). The predicted octanol–water partition coefficient (Wildman–Crippen LogP) is 8.13. The number of aliphatic carboxylic acids is 1. The van der Waals surface area contributed by atoms with E-state index in [0.717, 1.165) is 27.1 Å². The first-order valence-corrected chi connectivity index (χ1v) is 12.5. The first-order chi connectivity index (χ1) is 17.3. The molecule has 4 aromatic carbocycles. The van der Waals surface area contributed by atoms with Gasteiger partial charge in [-0.25, -0.2) is 13.6 Å². The number of carboxylic acids is 1. The summed E-state index contributed by atoms with van der Waals surface area (Å²) in [4.78, 5) is 11.8. The van der Waals surface area contributed by atoms with Crippen molar-refractivity contribution in [3.05, 3.63) is 118 Å². The second kappa shape index (κ2) is 11.6. The van der Waals surface area contributed by atoms with E-state index in [1.807, 2.05) is 43.3 Å². The molecule has 0 radical (unpaired) electrons. The Morgan fingerprint density at radius 2 is 1.64 bits per heavy atom. The molecule has 0 aromatic heterocycles. The van der Waals surface area contributed by atoms with Crippen molar-refractivity contribution in [2.45, 2.75) is 23.5 Å². The maximum absolute atomic E-state index is 14.7. The monoisotopic (exact) mass is 524 g/mol. The molecule has 36 heavy (non-hydrogen) atoms. The lowest BCUT2D eigenvalue weighted by molar-refractivity contribution is -0.139. The number of halogens is 3. The van der Waals surface area contributed by atoms with Crippen LogP contribution in [-0.4, -0.2) is 17.7 Å². The molecule has 0 heterocycles. The molecule has 0 saturated heterocycles. The molecule has 7 heteroatoms. The summed E-state index contributed by atoms with van der Waals surface area (Å²) in [6.07, 6.45) is 0.363. The second-order valence-electron chi connectivity index (χ2n) is 8.25. The summed E-state index contributed by atoms with van der Waals surface area (Å²) in [6, 6.07) is 24.4. The van der Waals surface area contributed by atoms with Crippen LogP contribution in [0.5, 0.6) is 5.75 Å². The highest BCUT2D eigenvalue weighted by atomic mass is 35.5. The van der Waals surface area contributed by atoms with Crippen LogP contribution < -0.4 is 4.74 Å². The van der Waals surface area contributed by atoms with E-state index in [1.165, 1.54) is 18.2 Å². The maximum Gasteiger partial charge on any atom is 0.341 e. The van der Waals surface area contributed by atoms with Gasteiger partial charge in [0.25, 0.3) is 0 Å². The highest BCUT2D eigenvalue weighted by molar-refractivity contribution is 7.99. The molecule has 0 aliphatic carbocycles. The van der Waals surface area contributed by atoms with Gasteiger partial charge in [0.2, 0.25) is 0 Å². The zero-order valence-corrected chi connectivity index (χ0v) is 21.0. The van der Waals surface area contributed by atoms with Gasteiger partial charge in [0.05, 0.1) is 0 Å². The molecule has 184 valence electrons. The molecule has 3 nitrogen and oxygen atoms in total. The second-order valence-corrected chi connectivity index (χ2v) is 9.93. The molecule has 1 unspecified atom stereocenters. The average Bonchev–Trinajstić information content (AvgIpc) is 2.85. The Kier molecular flexibility index (Phi) is 8.28. The third kappa shape index (κ3) is 6.45. The van der Waals surface area contributed by atoms with Gasteiger partial charge in [0.1, 0.15) is 17.4 Å².